The molecule has 2 amide bonds. The summed E-state index contributed by atoms with van der Waals surface area (Å²) in [5, 5.41) is 2.97. The molecule has 2 heterocycles. The molecule has 1 N–H and O–H groups in total. The number of hydrogen-bond acceptors (Lipinski definition) is 5. The van der Waals surface area contributed by atoms with Crippen LogP contribution in [0.15, 0.2) is 42.5 Å². The summed E-state index contributed by atoms with van der Waals surface area (Å²) >= 11 is 0. The molecule has 0 spiro atoms. The second-order valence-corrected chi connectivity index (χ2v) is 9.65. The lowest BCUT2D eigenvalue weighted by molar-refractivity contribution is -0.116. The summed E-state index contributed by atoms with van der Waals surface area (Å²) < 4.78 is 5.56. The quantitative estimate of drug-likeness (QED) is 0.629. The van der Waals surface area contributed by atoms with Crippen LogP contribution in [0, 0.1) is 5.92 Å². The Hall–Kier alpha value is -3.22. The molecule has 0 radical (unpaired) electrons. The zero-order chi connectivity index (χ0) is 24.8. The third-order valence-corrected chi connectivity index (χ3v) is 7.10. The molecule has 35 heavy (non-hydrogen) atoms. The number of piperazine rings is 1. The highest BCUT2D eigenvalue weighted by Gasteiger charge is 2.27. The van der Waals surface area contributed by atoms with Gasteiger partial charge in [-0.05, 0) is 55.5 Å². The van der Waals surface area contributed by atoms with E-state index in [4.69, 9.17) is 4.74 Å². The number of amides is 2. The topological polar surface area (TPSA) is 65.1 Å². The summed E-state index contributed by atoms with van der Waals surface area (Å²) in [5.74, 6) is 1.58. The van der Waals surface area contributed by atoms with Gasteiger partial charge in [-0.15, -0.1) is 0 Å². The lowest BCUT2D eigenvalue weighted by Gasteiger charge is -2.39. The van der Waals surface area contributed by atoms with Crippen molar-refractivity contribution < 1.29 is 14.3 Å². The van der Waals surface area contributed by atoms with Gasteiger partial charge in [0.1, 0.15) is 5.75 Å². The van der Waals surface area contributed by atoms with Crippen molar-refractivity contribution in [3.8, 4) is 5.75 Å². The van der Waals surface area contributed by atoms with E-state index in [0.717, 1.165) is 75.7 Å². The van der Waals surface area contributed by atoms with Gasteiger partial charge in [0.25, 0.3) is 5.91 Å². The molecule has 2 aliphatic rings. The number of hydrogen-bond donors (Lipinski definition) is 1. The van der Waals surface area contributed by atoms with Gasteiger partial charge >= 0.3 is 0 Å². The van der Waals surface area contributed by atoms with E-state index in [1.54, 1.807) is 7.11 Å². The van der Waals surface area contributed by atoms with Crippen molar-refractivity contribution in [3.05, 3.63) is 48.0 Å². The molecular weight excluding hydrogens is 440 g/mol. The van der Waals surface area contributed by atoms with Gasteiger partial charge in [0.05, 0.1) is 18.4 Å². The molecule has 0 unspecified atom stereocenters. The third kappa shape index (κ3) is 5.89. The van der Waals surface area contributed by atoms with Gasteiger partial charge in [0.2, 0.25) is 5.91 Å². The van der Waals surface area contributed by atoms with Crippen molar-refractivity contribution in [2.24, 2.45) is 5.92 Å². The lowest BCUT2D eigenvalue weighted by Crippen LogP contribution is -2.47. The average Bonchev–Trinajstić information content (AvgIpc) is 2.89. The van der Waals surface area contributed by atoms with Gasteiger partial charge < -0.3 is 24.8 Å². The predicted octanol–water partition coefficient (Wildman–Crippen LogP) is 4.63. The van der Waals surface area contributed by atoms with E-state index in [2.05, 4.69) is 28.1 Å². The first kappa shape index (κ1) is 24.9. The van der Waals surface area contributed by atoms with Gasteiger partial charge in [-0.1, -0.05) is 26.0 Å². The molecule has 0 aromatic heterocycles. The predicted molar refractivity (Wildman–Crippen MR) is 142 cm³/mol. The fraction of sp³-hybridized carbons (Fsp3) is 0.500. The molecule has 2 aromatic rings. The fourth-order valence-electron chi connectivity index (χ4n) is 4.97. The Morgan fingerprint density at radius 1 is 0.943 bits per heavy atom. The van der Waals surface area contributed by atoms with Gasteiger partial charge in [0, 0.05) is 57.1 Å². The number of benzene rings is 2. The number of piperidine rings is 1. The maximum atomic E-state index is 13.7. The number of carbonyl (C=O) groups excluding carboxylic acids is 2. The second-order valence-electron chi connectivity index (χ2n) is 9.65. The summed E-state index contributed by atoms with van der Waals surface area (Å²) in [7, 11) is 1.70. The lowest BCUT2D eigenvalue weighted by atomic mass is 9.98. The standard InChI is InChI=1S/C28H38N4O3/c1-4-7-27(33)29-22-10-11-24(23(20-22)28(34)32-14-12-21(2)13-15-32)30-16-18-31(19-17-30)25-8-5-6-9-26(25)35-3/h5-6,8-11,20-21H,4,7,12-19H2,1-3H3,(H,29,33). The van der Waals surface area contributed by atoms with Crippen molar-refractivity contribution >= 4 is 28.9 Å². The largest absolute Gasteiger partial charge is 0.495 e. The fourth-order valence-corrected chi connectivity index (χ4v) is 4.97. The van der Waals surface area contributed by atoms with Crippen molar-refractivity contribution in [1.29, 1.82) is 0 Å². The summed E-state index contributed by atoms with van der Waals surface area (Å²) in [6, 6.07) is 13.9. The smallest absolute Gasteiger partial charge is 0.256 e. The Morgan fingerprint density at radius 2 is 1.60 bits per heavy atom. The van der Waals surface area contributed by atoms with Crippen LogP contribution in [0.3, 0.4) is 0 Å². The van der Waals surface area contributed by atoms with E-state index in [-0.39, 0.29) is 11.8 Å². The van der Waals surface area contributed by atoms with Crippen LogP contribution >= 0.6 is 0 Å². The average molecular weight is 479 g/mol. The molecule has 188 valence electrons. The number of likely N-dealkylation sites (tertiary alicyclic amines) is 1. The van der Waals surface area contributed by atoms with Crippen LogP contribution in [-0.2, 0) is 4.79 Å². The monoisotopic (exact) mass is 478 g/mol. The number of para-hydroxylation sites is 2. The maximum Gasteiger partial charge on any atom is 0.256 e. The van der Waals surface area contributed by atoms with Gasteiger partial charge in [-0.25, -0.2) is 0 Å². The SMILES string of the molecule is CCCC(=O)Nc1ccc(N2CCN(c3ccccc3OC)CC2)c(C(=O)N2CCC(C)CC2)c1. The molecule has 2 aliphatic heterocycles. The minimum Gasteiger partial charge on any atom is -0.495 e. The molecule has 0 bridgehead atoms. The minimum absolute atomic E-state index is 0.0177. The Labute approximate surface area is 209 Å². The van der Waals surface area contributed by atoms with Crippen molar-refractivity contribution in [3.63, 3.8) is 0 Å². The molecule has 0 atom stereocenters. The minimum atomic E-state index is -0.0177. The van der Waals surface area contributed by atoms with Crippen LogP contribution < -0.4 is 19.9 Å². The number of carbonyl (C=O) groups is 2. The highest BCUT2D eigenvalue weighted by molar-refractivity contribution is 6.02. The molecule has 0 aliphatic carbocycles. The highest BCUT2D eigenvalue weighted by Crippen LogP contribution is 2.32. The second kappa shape index (κ2) is 11.5. The third-order valence-electron chi connectivity index (χ3n) is 7.10. The van der Waals surface area contributed by atoms with E-state index >= 15 is 0 Å². The van der Waals surface area contributed by atoms with Crippen molar-refractivity contribution in [2.45, 2.75) is 39.5 Å². The maximum absolute atomic E-state index is 13.7. The normalized spacial score (nSPS) is 16.8. The van der Waals surface area contributed by atoms with Crippen LogP contribution in [-0.4, -0.2) is 63.1 Å². The van der Waals surface area contributed by atoms with Crippen molar-refractivity contribution in [2.75, 3.05) is 61.5 Å². The van der Waals surface area contributed by atoms with E-state index in [9.17, 15) is 9.59 Å². The molecule has 2 fully saturated rings. The van der Waals surface area contributed by atoms with E-state index in [1.807, 2.05) is 48.2 Å². The molecule has 7 heteroatoms. The van der Waals surface area contributed by atoms with Gasteiger partial charge in [-0.3, -0.25) is 9.59 Å². The van der Waals surface area contributed by atoms with Crippen molar-refractivity contribution in [1.82, 2.24) is 4.90 Å². The first-order chi connectivity index (χ1) is 17.0. The van der Waals surface area contributed by atoms with E-state index < -0.39 is 0 Å². The van der Waals surface area contributed by atoms with Crippen LogP contribution in [0.5, 0.6) is 5.75 Å². The van der Waals surface area contributed by atoms with Gasteiger partial charge in [-0.2, -0.15) is 0 Å². The summed E-state index contributed by atoms with van der Waals surface area (Å²) in [5.41, 5.74) is 3.41. The van der Waals surface area contributed by atoms with E-state index in [0.29, 0.717) is 23.6 Å². The Morgan fingerprint density at radius 3 is 2.26 bits per heavy atom. The number of methoxy groups -OCH3 is 1. The Balaban J connectivity index is 1.55. The van der Waals surface area contributed by atoms with Crippen LogP contribution in [0.25, 0.3) is 0 Å². The first-order valence-corrected chi connectivity index (χ1v) is 12.9. The van der Waals surface area contributed by atoms with Crippen LogP contribution in [0.2, 0.25) is 0 Å². The number of ether oxygens (including phenoxy) is 1. The molecule has 4 rings (SSSR count). The zero-order valence-corrected chi connectivity index (χ0v) is 21.3. The first-order valence-electron chi connectivity index (χ1n) is 12.9. The zero-order valence-electron chi connectivity index (χ0n) is 21.3. The number of nitrogens with one attached hydrogen (secondary N) is 1. The Kier molecular flexibility index (Phi) is 8.16. The molecule has 0 saturated carbocycles. The molecule has 2 aromatic carbocycles. The summed E-state index contributed by atoms with van der Waals surface area (Å²) in [6.07, 6.45) is 3.33. The highest BCUT2D eigenvalue weighted by atomic mass is 16.5. The Bertz CT molecular complexity index is 1020. The summed E-state index contributed by atoms with van der Waals surface area (Å²) in [4.78, 5) is 32.5. The van der Waals surface area contributed by atoms with Crippen LogP contribution in [0.1, 0.15) is 49.9 Å². The summed E-state index contributed by atoms with van der Waals surface area (Å²) in [6.45, 7) is 9.08. The van der Waals surface area contributed by atoms with Crippen LogP contribution in [0.4, 0.5) is 17.1 Å². The number of anilines is 3. The molecule has 7 nitrogen and oxygen atoms in total. The van der Waals surface area contributed by atoms with E-state index in [1.165, 1.54) is 0 Å². The number of rotatable bonds is 7. The molecular formula is C28H38N4O3. The van der Waals surface area contributed by atoms with Gasteiger partial charge in [0.15, 0.2) is 0 Å². The molecule has 2 saturated heterocycles. The number of nitrogens with zero attached hydrogens (tertiary/aromatic N) is 3.